The lowest BCUT2D eigenvalue weighted by Gasteiger charge is -2.17. The average molecular weight is 482 g/mol. The molecule has 1 aliphatic heterocycles. The van der Waals surface area contributed by atoms with Gasteiger partial charge in [0.15, 0.2) is 6.23 Å². The molecule has 10 N–H and O–H groups in total. The van der Waals surface area contributed by atoms with Gasteiger partial charge in [-0.15, -0.1) is 0 Å². The molecule has 2 aromatic rings. The van der Waals surface area contributed by atoms with E-state index in [0.29, 0.717) is 23.4 Å². The molecule has 15 heteroatoms. The average Bonchev–Trinajstić information content (AvgIpc) is 3.26. The van der Waals surface area contributed by atoms with E-state index in [0.717, 1.165) is 0 Å². The number of carbonyl (C=O) groups is 2. The molecular weight excluding hydrogens is 454 g/mol. The Balaban J connectivity index is 0.000000372. The number of primary amides is 1. The summed E-state index contributed by atoms with van der Waals surface area (Å²) in [4.78, 5) is 26.7. The second-order valence-corrected chi connectivity index (χ2v) is 7.64. The molecule has 34 heavy (non-hydrogen) atoms. The number of nitrogens with zero attached hydrogens (tertiary/aromatic N) is 4. The number of anilines is 1. The van der Waals surface area contributed by atoms with Crippen LogP contribution in [0.25, 0.3) is 11.0 Å². The minimum atomic E-state index is -1.58. The van der Waals surface area contributed by atoms with Crippen LogP contribution in [0.2, 0.25) is 0 Å². The van der Waals surface area contributed by atoms with Crippen LogP contribution in [0.5, 0.6) is 0 Å². The van der Waals surface area contributed by atoms with E-state index < -0.39 is 49.3 Å². The Kier molecular flexibility index (Phi) is 10.6. The molecule has 0 bridgehead atoms. The third-order valence-electron chi connectivity index (χ3n) is 4.59. The highest BCUT2D eigenvalue weighted by Crippen LogP contribution is 2.34. The van der Waals surface area contributed by atoms with Gasteiger partial charge in [0.1, 0.15) is 54.3 Å². The number of ether oxygens (including phenoxy) is 1. The highest BCUT2D eigenvalue weighted by molar-refractivity contribution is 5.92. The minimum Gasteiger partial charge on any atom is -0.530 e. The first-order chi connectivity index (χ1) is 15.8. The van der Waals surface area contributed by atoms with Gasteiger partial charge in [0.2, 0.25) is 0 Å². The van der Waals surface area contributed by atoms with Gasteiger partial charge in [0.25, 0.3) is 0 Å². The predicted octanol–water partition coefficient (Wildman–Crippen LogP) is -2.77. The number of carboxylic acids is 1. The SMILES string of the molecule is CC(C)C[C@H](N)C(=O)O.N#Cc1cn([C@@H]2O[C@H](CO)[C@@H](O)[C@H]2O)c2ncnc(N)c12.NC(=O)[O-]. The third-order valence-corrected chi connectivity index (χ3v) is 4.59. The maximum atomic E-state index is 10.1. The minimum absolute atomic E-state index is 0.141. The molecule has 3 heterocycles. The quantitative estimate of drug-likeness (QED) is 0.227. The highest BCUT2D eigenvalue weighted by atomic mass is 16.6. The van der Waals surface area contributed by atoms with Gasteiger partial charge < -0.3 is 56.8 Å². The summed E-state index contributed by atoms with van der Waals surface area (Å²) in [5.74, 6) is -0.415. The van der Waals surface area contributed by atoms with Crippen molar-refractivity contribution in [2.24, 2.45) is 17.4 Å². The van der Waals surface area contributed by atoms with Gasteiger partial charge in [-0.05, 0) is 12.3 Å². The van der Waals surface area contributed by atoms with E-state index in [1.807, 2.05) is 19.9 Å². The van der Waals surface area contributed by atoms with Gasteiger partial charge in [0, 0.05) is 6.20 Å². The van der Waals surface area contributed by atoms with Crippen molar-refractivity contribution < 1.29 is 39.9 Å². The number of aliphatic hydroxyl groups excluding tert-OH is 3. The van der Waals surface area contributed by atoms with Crippen LogP contribution in [0.3, 0.4) is 0 Å². The molecule has 1 fully saturated rings. The molecule has 5 atom stereocenters. The molecule has 0 saturated carbocycles. The van der Waals surface area contributed by atoms with E-state index in [1.165, 1.54) is 17.1 Å². The van der Waals surface area contributed by atoms with Crippen LogP contribution in [-0.2, 0) is 9.53 Å². The Morgan fingerprint density at radius 3 is 2.32 bits per heavy atom. The molecule has 2 aromatic heterocycles. The van der Waals surface area contributed by atoms with E-state index in [1.54, 1.807) is 0 Å². The summed E-state index contributed by atoms with van der Waals surface area (Å²) < 4.78 is 6.84. The number of nitrogen functional groups attached to an aromatic ring is 1. The van der Waals surface area contributed by atoms with Crippen molar-refractivity contribution in [1.82, 2.24) is 14.5 Å². The van der Waals surface area contributed by atoms with Crippen LogP contribution in [0.4, 0.5) is 10.6 Å². The normalized spacial score (nSPS) is 22.2. The molecule has 0 spiro atoms. The van der Waals surface area contributed by atoms with Crippen molar-refractivity contribution in [2.45, 2.75) is 50.8 Å². The van der Waals surface area contributed by atoms with E-state index >= 15 is 0 Å². The summed E-state index contributed by atoms with van der Waals surface area (Å²) in [6.07, 6.45) is -2.76. The lowest BCUT2D eigenvalue weighted by Crippen LogP contribution is -2.33. The summed E-state index contributed by atoms with van der Waals surface area (Å²) in [6.45, 7) is 3.46. The van der Waals surface area contributed by atoms with Gasteiger partial charge >= 0.3 is 5.97 Å². The number of aromatic nitrogens is 3. The van der Waals surface area contributed by atoms with Gasteiger partial charge in [-0.3, -0.25) is 4.79 Å². The molecule has 15 nitrogen and oxygen atoms in total. The zero-order valence-corrected chi connectivity index (χ0v) is 18.5. The zero-order valence-electron chi connectivity index (χ0n) is 18.5. The van der Waals surface area contributed by atoms with Gasteiger partial charge in [0.05, 0.1) is 17.6 Å². The Morgan fingerprint density at radius 1 is 1.32 bits per heavy atom. The molecule has 3 rings (SSSR count). The number of carboxylic acid groups (broad SMARTS) is 2. The Hall–Kier alpha value is -3.55. The smallest absolute Gasteiger partial charge is 0.320 e. The van der Waals surface area contributed by atoms with Crippen LogP contribution in [0, 0.1) is 17.2 Å². The fourth-order valence-corrected chi connectivity index (χ4v) is 3.11. The van der Waals surface area contributed by atoms with Crippen LogP contribution >= 0.6 is 0 Å². The maximum Gasteiger partial charge on any atom is 0.320 e. The van der Waals surface area contributed by atoms with E-state index in [9.17, 15) is 15.0 Å². The number of nitrogens with two attached hydrogens (primary N) is 3. The first-order valence-corrected chi connectivity index (χ1v) is 9.93. The van der Waals surface area contributed by atoms with Crippen molar-refractivity contribution >= 4 is 28.9 Å². The topological polar surface area (TPSA) is 280 Å². The fraction of sp³-hybridized carbons (Fsp3) is 0.526. The van der Waals surface area contributed by atoms with Gasteiger partial charge in [-0.2, -0.15) is 5.26 Å². The summed E-state index contributed by atoms with van der Waals surface area (Å²) in [5.41, 5.74) is 15.4. The molecule has 0 unspecified atom stereocenters. The molecule has 0 aromatic carbocycles. The first-order valence-electron chi connectivity index (χ1n) is 9.93. The predicted molar refractivity (Wildman–Crippen MR) is 114 cm³/mol. The molecule has 1 aliphatic rings. The number of rotatable bonds is 5. The Morgan fingerprint density at radius 2 is 1.91 bits per heavy atom. The van der Waals surface area contributed by atoms with Crippen LogP contribution in [0.1, 0.15) is 32.1 Å². The number of nitriles is 1. The van der Waals surface area contributed by atoms with Crippen molar-refractivity contribution in [3.05, 3.63) is 18.1 Å². The summed E-state index contributed by atoms with van der Waals surface area (Å²) in [5, 5.41) is 55.5. The molecule has 1 amide bonds. The van der Waals surface area contributed by atoms with Crippen molar-refractivity contribution in [3.8, 4) is 6.07 Å². The summed E-state index contributed by atoms with van der Waals surface area (Å²) >= 11 is 0. The summed E-state index contributed by atoms with van der Waals surface area (Å²) in [6, 6.07) is 1.29. The lowest BCUT2D eigenvalue weighted by atomic mass is 10.1. The third kappa shape index (κ3) is 7.23. The second kappa shape index (κ2) is 12.6. The number of carbonyl (C=O) groups excluding carboxylic acids is 1. The molecule has 0 radical (unpaired) electrons. The van der Waals surface area contributed by atoms with E-state index in [-0.39, 0.29) is 11.4 Å². The highest BCUT2D eigenvalue weighted by Gasteiger charge is 2.44. The maximum absolute atomic E-state index is 10.1. The van der Waals surface area contributed by atoms with Crippen LogP contribution < -0.4 is 22.3 Å². The Labute approximate surface area is 194 Å². The first kappa shape index (κ1) is 28.5. The number of fused-ring (bicyclic) bond motifs is 1. The van der Waals surface area contributed by atoms with Crippen LogP contribution in [0.15, 0.2) is 12.5 Å². The second-order valence-electron chi connectivity index (χ2n) is 7.64. The van der Waals surface area contributed by atoms with Crippen molar-refractivity contribution in [1.29, 1.82) is 5.26 Å². The number of aliphatic hydroxyl groups is 3. The van der Waals surface area contributed by atoms with Crippen molar-refractivity contribution in [2.75, 3.05) is 12.3 Å². The lowest BCUT2D eigenvalue weighted by molar-refractivity contribution is -0.245. The molecule has 1 saturated heterocycles. The molecule has 0 aliphatic carbocycles. The van der Waals surface area contributed by atoms with Crippen LogP contribution in [-0.4, -0.2) is 78.0 Å². The van der Waals surface area contributed by atoms with Gasteiger partial charge in [-0.1, -0.05) is 13.8 Å². The standard InChI is InChI=1S/C12H13N5O4.C6H13NO2.CH3NO2/c13-1-5-2-17(11-7(5)10(14)15-4-16-11)12-9(20)8(19)6(3-18)21-12;1-4(2)3-5(7)6(8)9;2-1(3)4/h2,4,6,8-9,12,18-20H,3H2,(H2,14,15,16);4-5H,3,7H2,1-2H3,(H,8,9);2H2,(H,3,4)/p-1/t6-,8-,9-,12-;5-;/m10./s1. The molecule has 188 valence electrons. The summed E-state index contributed by atoms with van der Waals surface area (Å²) in [7, 11) is 0. The van der Waals surface area contributed by atoms with E-state index in [4.69, 9.17) is 41.6 Å². The zero-order chi connectivity index (χ0) is 26.2. The van der Waals surface area contributed by atoms with Gasteiger partial charge in [-0.25, -0.2) is 9.97 Å². The number of amides is 1. The molecular formula is C19H28N7O8-. The number of aliphatic carboxylic acids is 1. The van der Waals surface area contributed by atoms with Crippen molar-refractivity contribution in [3.63, 3.8) is 0 Å². The fourth-order valence-electron chi connectivity index (χ4n) is 3.11. The Bertz CT molecular complexity index is 1020. The number of hydrogen-bond acceptors (Lipinski definition) is 12. The monoisotopic (exact) mass is 482 g/mol. The number of hydrogen-bond donors (Lipinski definition) is 7. The van der Waals surface area contributed by atoms with E-state index in [2.05, 4.69) is 15.7 Å². The largest absolute Gasteiger partial charge is 0.530 e.